The number of hydrogen-bond donors (Lipinski definition) is 0. The highest BCUT2D eigenvalue weighted by molar-refractivity contribution is 6.63. The minimum atomic E-state index is -0.278. The second kappa shape index (κ2) is 8.05. The van der Waals surface area contributed by atoms with Crippen LogP contribution in [0, 0.1) is 0 Å². The van der Waals surface area contributed by atoms with E-state index in [2.05, 4.69) is 0 Å². The number of ether oxygens (including phenoxy) is 1. The molecule has 0 spiro atoms. The van der Waals surface area contributed by atoms with Gasteiger partial charge in [0.2, 0.25) is 5.24 Å². The van der Waals surface area contributed by atoms with Crippen molar-refractivity contribution in [2.24, 2.45) is 0 Å². The molecule has 13 heavy (non-hydrogen) atoms. The largest absolute Gasteiger partial charge is 0.466 e. The lowest BCUT2D eigenvalue weighted by Gasteiger charge is -2.00. The second-order valence-electron chi connectivity index (χ2n) is 2.86. The van der Waals surface area contributed by atoms with Gasteiger partial charge in [-0.1, -0.05) is 12.8 Å². The summed E-state index contributed by atoms with van der Waals surface area (Å²) in [5, 5.41) is -0.278. The molecule has 4 heteroatoms. The minimum absolute atomic E-state index is 0.240. The third-order valence-electron chi connectivity index (χ3n) is 1.57. The Morgan fingerprint density at radius 1 is 1.15 bits per heavy atom. The average Bonchev–Trinajstić information content (AvgIpc) is 2.01. The zero-order valence-electron chi connectivity index (χ0n) is 7.85. The summed E-state index contributed by atoms with van der Waals surface area (Å²) in [6.45, 7) is 1.87. The van der Waals surface area contributed by atoms with E-state index in [4.69, 9.17) is 16.3 Å². The molecule has 0 aromatic heterocycles. The molecule has 0 aromatic carbocycles. The zero-order chi connectivity index (χ0) is 10.1. The molecule has 0 rings (SSSR count). The highest BCUT2D eigenvalue weighted by Gasteiger charge is 1.96. The van der Waals surface area contributed by atoms with Crippen LogP contribution in [0.15, 0.2) is 0 Å². The van der Waals surface area contributed by atoms with Crippen LogP contribution < -0.4 is 0 Å². The van der Waals surface area contributed by atoms with Crippen LogP contribution >= 0.6 is 11.6 Å². The molecule has 0 aromatic rings. The molecule has 76 valence electrons. The summed E-state index contributed by atoms with van der Waals surface area (Å²) in [5.41, 5.74) is 0. The van der Waals surface area contributed by atoms with Crippen LogP contribution in [0.25, 0.3) is 0 Å². The summed E-state index contributed by atoms with van der Waals surface area (Å²) < 4.78 is 4.74. The molecule has 0 N–H and O–H groups in total. The van der Waals surface area contributed by atoms with Crippen LogP contribution in [0.4, 0.5) is 0 Å². The lowest BCUT2D eigenvalue weighted by molar-refractivity contribution is -0.141. The highest BCUT2D eigenvalue weighted by Crippen LogP contribution is 2.04. The van der Waals surface area contributed by atoms with Crippen molar-refractivity contribution in [1.29, 1.82) is 0 Å². The molecule has 0 aliphatic heterocycles. The topological polar surface area (TPSA) is 43.4 Å². The van der Waals surface area contributed by atoms with E-state index < -0.39 is 0 Å². The first kappa shape index (κ1) is 12.4. The van der Waals surface area contributed by atoms with Gasteiger partial charge in [-0.25, -0.2) is 0 Å². The number of carbonyl (C=O) groups excluding carboxylic acids is 2. The van der Waals surface area contributed by atoms with E-state index in [1.165, 1.54) is 6.92 Å². The van der Waals surface area contributed by atoms with Gasteiger partial charge in [-0.2, -0.15) is 0 Å². The van der Waals surface area contributed by atoms with Crippen molar-refractivity contribution < 1.29 is 14.3 Å². The number of halogens is 1. The molecule has 0 aliphatic rings. The molecule has 0 radical (unpaired) electrons. The van der Waals surface area contributed by atoms with Crippen molar-refractivity contribution in [2.45, 2.75) is 39.0 Å². The molecular formula is C9H15ClO3. The number of carbonyl (C=O) groups is 2. The lowest BCUT2D eigenvalue weighted by Crippen LogP contribution is -2.00. The fraction of sp³-hybridized carbons (Fsp3) is 0.778. The third-order valence-corrected chi connectivity index (χ3v) is 1.76. The predicted octanol–water partition coefficient (Wildman–Crippen LogP) is 2.27. The van der Waals surface area contributed by atoms with Crippen LogP contribution in [-0.4, -0.2) is 17.8 Å². The van der Waals surface area contributed by atoms with E-state index in [-0.39, 0.29) is 11.2 Å². The number of unbranched alkanes of at least 4 members (excludes halogenated alkanes) is 3. The Bertz CT molecular complexity index is 150. The Morgan fingerprint density at radius 3 is 2.31 bits per heavy atom. The van der Waals surface area contributed by atoms with Crippen molar-refractivity contribution in [3.63, 3.8) is 0 Å². The van der Waals surface area contributed by atoms with E-state index in [0.717, 1.165) is 25.7 Å². The fourth-order valence-corrected chi connectivity index (χ4v) is 1.07. The Kier molecular flexibility index (Phi) is 7.69. The predicted molar refractivity (Wildman–Crippen MR) is 50.6 cm³/mol. The summed E-state index contributed by atoms with van der Waals surface area (Å²) in [7, 11) is 0. The minimum Gasteiger partial charge on any atom is -0.466 e. The first-order valence-corrected chi connectivity index (χ1v) is 4.82. The van der Waals surface area contributed by atoms with Crippen molar-refractivity contribution in [2.75, 3.05) is 6.61 Å². The van der Waals surface area contributed by atoms with E-state index >= 15 is 0 Å². The van der Waals surface area contributed by atoms with Crippen LogP contribution in [0.1, 0.15) is 39.0 Å². The summed E-state index contributed by atoms with van der Waals surface area (Å²) in [4.78, 5) is 20.7. The Balaban J connectivity index is 3.00. The fourth-order valence-electron chi connectivity index (χ4n) is 0.935. The van der Waals surface area contributed by atoms with E-state index in [1.54, 1.807) is 0 Å². The van der Waals surface area contributed by atoms with Crippen LogP contribution in [0.3, 0.4) is 0 Å². The molecule has 0 fully saturated rings. The molecule has 0 bridgehead atoms. The van der Waals surface area contributed by atoms with E-state index in [1.807, 2.05) is 0 Å². The first-order valence-electron chi connectivity index (χ1n) is 4.44. The highest BCUT2D eigenvalue weighted by atomic mass is 35.5. The summed E-state index contributed by atoms with van der Waals surface area (Å²) >= 11 is 5.15. The molecule has 0 atom stereocenters. The normalized spacial score (nSPS) is 9.69. The maximum absolute atomic E-state index is 10.3. The van der Waals surface area contributed by atoms with Gasteiger partial charge in [0.05, 0.1) is 6.61 Å². The van der Waals surface area contributed by atoms with Crippen LogP contribution in [-0.2, 0) is 14.3 Å². The Labute approximate surface area is 83.4 Å². The molecular weight excluding hydrogens is 192 g/mol. The van der Waals surface area contributed by atoms with Crippen molar-refractivity contribution in [1.82, 2.24) is 0 Å². The molecule has 0 saturated carbocycles. The Morgan fingerprint density at radius 2 is 1.77 bits per heavy atom. The smallest absolute Gasteiger partial charge is 0.302 e. The van der Waals surface area contributed by atoms with Gasteiger partial charge in [-0.3, -0.25) is 9.59 Å². The van der Waals surface area contributed by atoms with Crippen molar-refractivity contribution >= 4 is 22.8 Å². The molecule has 0 aliphatic carbocycles. The van der Waals surface area contributed by atoms with Gasteiger partial charge in [-0.05, 0) is 24.4 Å². The van der Waals surface area contributed by atoms with Crippen LogP contribution in [0.5, 0.6) is 0 Å². The van der Waals surface area contributed by atoms with Gasteiger partial charge < -0.3 is 4.74 Å². The van der Waals surface area contributed by atoms with Gasteiger partial charge in [0.1, 0.15) is 0 Å². The number of hydrogen-bond acceptors (Lipinski definition) is 3. The molecule has 0 unspecified atom stereocenters. The number of rotatable bonds is 7. The van der Waals surface area contributed by atoms with E-state index in [0.29, 0.717) is 13.0 Å². The molecule has 0 saturated heterocycles. The maximum Gasteiger partial charge on any atom is 0.302 e. The van der Waals surface area contributed by atoms with Gasteiger partial charge in [0, 0.05) is 13.3 Å². The third kappa shape index (κ3) is 11.4. The van der Waals surface area contributed by atoms with Gasteiger partial charge in [-0.15, -0.1) is 0 Å². The van der Waals surface area contributed by atoms with Gasteiger partial charge >= 0.3 is 5.97 Å². The SMILES string of the molecule is CC(=O)OCCCCCCC(=O)Cl. The molecule has 3 nitrogen and oxygen atoms in total. The van der Waals surface area contributed by atoms with Gasteiger partial charge in [0.25, 0.3) is 0 Å². The summed E-state index contributed by atoms with van der Waals surface area (Å²) in [6.07, 6.45) is 4.05. The number of esters is 1. The Hall–Kier alpha value is -0.570. The summed E-state index contributed by atoms with van der Waals surface area (Å²) in [6, 6.07) is 0. The lowest BCUT2D eigenvalue weighted by atomic mass is 10.2. The van der Waals surface area contributed by atoms with Crippen molar-refractivity contribution in [3.05, 3.63) is 0 Å². The maximum atomic E-state index is 10.3. The van der Waals surface area contributed by atoms with Crippen molar-refractivity contribution in [3.8, 4) is 0 Å². The standard InChI is InChI=1S/C9H15ClO3/c1-8(11)13-7-5-3-2-4-6-9(10)12/h2-7H2,1H3. The average molecular weight is 207 g/mol. The first-order chi connectivity index (χ1) is 6.13. The quantitative estimate of drug-likeness (QED) is 0.365. The van der Waals surface area contributed by atoms with Crippen LogP contribution in [0.2, 0.25) is 0 Å². The molecule has 0 amide bonds. The second-order valence-corrected chi connectivity index (χ2v) is 3.28. The zero-order valence-corrected chi connectivity index (χ0v) is 8.60. The summed E-state index contributed by atoms with van der Waals surface area (Å²) in [5.74, 6) is -0.240. The monoisotopic (exact) mass is 206 g/mol. The van der Waals surface area contributed by atoms with E-state index in [9.17, 15) is 9.59 Å². The van der Waals surface area contributed by atoms with Gasteiger partial charge in [0.15, 0.2) is 0 Å². The molecule has 0 heterocycles.